The normalized spacial score (nSPS) is 31.2. The van der Waals surface area contributed by atoms with Crippen LogP contribution in [0.4, 0.5) is 10.1 Å². The molecule has 8 nitrogen and oxygen atoms in total. The lowest BCUT2D eigenvalue weighted by Gasteiger charge is -2.49. The molecule has 6 atom stereocenters. The number of carbonyl (C=O) groups is 4. The van der Waals surface area contributed by atoms with Gasteiger partial charge in [-0.25, -0.2) is 9.29 Å². The number of fused-ring (bicyclic) bond motifs is 4. The van der Waals surface area contributed by atoms with E-state index in [9.17, 15) is 28.7 Å². The van der Waals surface area contributed by atoms with Gasteiger partial charge in [-0.3, -0.25) is 24.1 Å². The minimum absolute atomic E-state index is 0.118. The molecule has 0 radical (unpaired) electrons. The van der Waals surface area contributed by atoms with Crippen molar-refractivity contribution in [3.05, 3.63) is 62.9 Å². The highest BCUT2D eigenvalue weighted by molar-refractivity contribution is 9.10. The number of imide groups is 2. The molecule has 40 heavy (non-hydrogen) atoms. The Labute approximate surface area is 242 Å². The van der Waals surface area contributed by atoms with Crippen LogP contribution >= 0.6 is 27.5 Å². The number of allylic oxidation sites excluding steroid dienone is 2. The summed E-state index contributed by atoms with van der Waals surface area (Å²) in [5.41, 5.74) is 0.262. The zero-order valence-corrected chi connectivity index (χ0v) is 24.1. The molecule has 2 aromatic rings. The van der Waals surface area contributed by atoms with Gasteiger partial charge >= 0.3 is 0 Å². The number of rotatable bonds is 3. The molecule has 6 unspecified atom stereocenters. The number of ether oxygens (including phenoxy) is 1. The summed E-state index contributed by atoms with van der Waals surface area (Å²) in [5.74, 6) is -5.30. The van der Waals surface area contributed by atoms with Crippen molar-refractivity contribution in [3.8, 4) is 11.5 Å². The van der Waals surface area contributed by atoms with E-state index in [0.717, 1.165) is 21.4 Å². The van der Waals surface area contributed by atoms with Crippen molar-refractivity contribution >= 4 is 56.8 Å². The van der Waals surface area contributed by atoms with E-state index >= 15 is 0 Å². The van der Waals surface area contributed by atoms with Gasteiger partial charge in [0.2, 0.25) is 23.6 Å². The molecule has 11 heteroatoms. The summed E-state index contributed by atoms with van der Waals surface area (Å²) in [7, 11) is 2.88. The van der Waals surface area contributed by atoms with E-state index in [2.05, 4.69) is 15.9 Å². The first kappa shape index (κ1) is 27.0. The number of amides is 4. The molecule has 2 aliphatic carbocycles. The number of likely N-dealkylation sites (tertiary alicyclic amines) is 1. The smallest absolute Gasteiger partial charge is 0.241 e. The van der Waals surface area contributed by atoms with Gasteiger partial charge in [-0.05, 0) is 77.5 Å². The Balaban J connectivity index is 1.56. The molecule has 4 amide bonds. The third-order valence-corrected chi connectivity index (χ3v) is 10.2. The lowest BCUT2D eigenvalue weighted by Crippen LogP contribution is -2.48. The molecule has 0 bridgehead atoms. The maximum absolute atomic E-state index is 14.3. The number of phenolic OH excluding ortho intramolecular Hbond substituents is 1. The zero-order valence-electron chi connectivity index (χ0n) is 21.8. The van der Waals surface area contributed by atoms with Crippen LogP contribution < -0.4 is 9.64 Å². The Morgan fingerprint density at radius 2 is 1.82 bits per heavy atom. The van der Waals surface area contributed by atoms with Gasteiger partial charge < -0.3 is 9.84 Å². The summed E-state index contributed by atoms with van der Waals surface area (Å²) in [5, 5.41) is 10.3. The van der Waals surface area contributed by atoms with Gasteiger partial charge in [-0.1, -0.05) is 23.3 Å². The zero-order chi connectivity index (χ0) is 28.8. The molecule has 6 rings (SSSR count). The predicted molar refractivity (Wildman–Crippen MR) is 146 cm³/mol. The van der Waals surface area contributed by atoms with Crippen molar-refractivity contribution in [2.75, 3.05) is 19.1 Å². The first-order chi connectivity index (χ1) is 18.9. The monoisotopic (exact) mass is 630 g/mol. The highest BCUT2D eigenvalue weighted by Crippen LogP contribution is 2.64. The second-order valence-electron chi connectivity index (χ2n) is 11.0. The summed E-state index contributed by atoms with van der Waals surface area (Å²) in [4.78, 5) is 56.8. The first-order valence-electron chi connectivity index (χ1n) is 12.8. The average molecular weight is 632 g/mol. The van der Waals surface area contributed by atoms with Gasteiger partial charge in [-0.2, -0.15) is 0 Å². The summed E-state index contributed by atoms with van der Waals surface area (Å²) >= 11 is 9.39. The summed E-state index contributed by atoms with van der Waals surface area (Å²) in [6, 6.07) is 7.00. The van der Waals surface area contributed by atoms with Gasteiger partial charge in [0.1, 0.15) is 5.82 Å². The number of halogens is 3. The summed E-state index contributed by atoms with van der Waals surface area (Å²) in [6.45, 7) is 1.73. The first-order valence-corrected chi connectivity index (χ1v) is 14.0. The molecule has 0 spiro atoms. The fraction of sp³-hybridized carbons (Fsp3) is 0.379. The molecular formula is C29H25BrClFN2O6. The molecule has 2 aromatic carbocycles. The minimum atomic E-state index is -1.30. The van der Waals surface area contributed by atoms with Crippen molar-refractivity contribution in [2.24, 2.45) is 29.1 Å². The van der Waals surface area contributed by atoms with Crippen molar-refractivity contribution in [1.82, 2.24) is 4.90 Å². The highest BCUT2D eigenvalue weighted by atomic mass is 79.9. The van der Waals surface area contributed by atoms with E-state index in [-0.39, 0.29) is 40.4 Å². The summed E-state index contributed by atoms with van der Waals surface area (Å²) in [6.07, 6.45) is 2.46. The molecule has 2 saturated heterocycles. The largest absolute Gasteiger partial charge is 0.503 e. The second kappa shape index (κ2) is 9.14. The van der Waals surface area contributed by atoms with E-state index < -0.39 is 52.6 Å². The Hall–Kier alpha value is -3.24. The second-order valence-corrected chi connectivity index (χ2v) is 12.3. The van der Waals surface area contributed by atoms with Crippen molar-refractivity contribution in [2.45, 2.75) is 25.7 Å². The number of carbonyl (C=O) groups excluding carboxylic acids is 4. The van der Waals surface area contributed by atoms with Gasteiger partial charge in [-0.15, -0.1) is 0 Å². The van der Waals surface area contributed by atoms with Crippen LogP contribution in [0.1, 0.15) is 31.2 Å². The van der Waals surface area contributed by atoms with Crippen LogP contribution in [0.5, 0.6) is 11.5 Å². The number of aromatic hydroxyl groups is 1. The van der Waals surface area contributed by atoms with Crippen molar-refractivity contribution in [3.63, 3.8) is 0 Å². The van der Waals surface area contributed by atoms with E-state index in [1.165, 1.54) is 26.3 Å². The molecule has 4 aliphatic rings. The van der Waals surface area contributed by atoms with Crippen LogP contribution in [-0.4, -0.2) is 47.8 Å². The molecular weight excluding hydrogens is 607 g/mol. The lowest BCUT2D eigenvalue weighted by atomic mass is 9.51. The third-order valence-electron chi connectivity index (χ3n) is 9.26. The molecule has 2 heterocycles. The lowest BCUT2D eigenvalue weighted by molar-refractivity contribution is -0.138. The number of methoxy groups -OCH3 is 1. The predicted octanol–water partition coefficient (Wildman–Crippen LogP) is 4.82. The van der Waals surface area contributed by atoms with Gasteiger partial charge in [0.05, 0.1) is 45.5 Å². The van der Waals surface area contributed by atoms with Crippen LogP contribution in [-0.2, 0) is 19.2 Å². The topological polar surface area (TPSA) is 104 Å². The van der Waals surface area contributed by atoms with Crippen LogP contribution in [0.25, 0.3) is 0 Å². The van der Waals surface area contributed by atoms with Gasteiger partial charge in [0, 0.05) is 13.0 Å². The molecule has 1 N–H and O–H groups in total. The van der Waals surface area contributed by atoms with Gasteiger partial charge in [0.15, 0.2) is 11.5 Å². The number of anilines is 1. The van der Waals surface area contributed by atoms with Crippen LogP contribution in [0.3, 0.4) is 0 Å². The molecule has 3 fully saturated rings. The molecule has 2 aliphatic heterocycles. The fourth-order valence-corrected chi connectivity index (χ4v) is 7.97. The Morgan fingerprint density at radius 1 is 1.10 bits per heavy atom. The summed E-state index contributed by atoms with van der Waals surface area (Å²) < 4.78 is 19.7. The average Bonchev–Trinajstić information content (AvgIpc) is 3.26. The molecule has 1 saturated carbocycles. The van der Waals surface area contributed by atoms with E-state index in [0.29, 0.717) is 16.5 Å². The fourth-order valence-electron chi connectivity index (χ4n) is 7.34. The third kappa shape index (κ3) is 3.48. The maximum Gasteiger partial charge on any atom is 0.241 e. The molecule has 208 valence electrons. The number of hydrogen-bond donors (Lipinski definition) is 1. The SMILES string of the molecule is COc1cc(C2C3=CCC4C(=O)N(C)C(=O)C4C3CC3C(=O)N(c4ccc(F)c(Cl)c4)C(=O)C32C)cc(Br)c1O. The Kier molecular flexibility index (Phi) is 6.16. The Bertz CT molecular complexity index is 1560. The van der Waals surface area contributed by atoms with Gasteiger partial charge in [0.25, 0.3) is 0 Å². The Morgan fingerprint density at radius 3 is 2.50 bits per heavy atom. The standard InChI is InChI=1S/C29H25BrClFN2O6/c1-29-17(26(37)34(28(29)39)13-4-7-20(32)19(31)10-13)11-16-14(5-6-15-22(16)27(38)33(2)25(15)36)23(29)12-8-18(30)24(35)21(9-12)40-3/h4-5,7-10,15-17,22-23,35H,6,11H2,1-3H3. The quantitative estimate of drug-likeness (QED) is 0.385. The maximum atomic E-state index is 14.3. The van der Waals surface area contributed by atoms with Crippen LogP contribution in [0, 0.1) is 34.9 Å². The van der Waals surface area contributed by atoms with Crippen molar-refractivity contribution in [1.29, 1.82) is 0 Å². The van der Waals surface area contributed by atoms with Crippen molar-refractivity contribution < 1.29 is 33.4 Å². The van der Waals surface area contributed by atoms with E-state index in [1.807, 2.05) is 6.08 Å². The molecule has 0 aromatic heterocycles. The van der Waals surface area contributed by atoms with E-state index in [4.69, 9.17) is 16.3 Å². The van der Waals surface area contributed by atoms with Crippen LogP contribution in [0.2, 0.25) is 5.02 Å². The number of nitrogens with zero attached hydrogens (tertiary/aromatic N) is 2. The number of benzene rings is 2. The van der Waals surface area contributed by atoms with E-state index in [1.54, 1.807) is 19.1 Å². The number of phenols is 1. The van der Waals surface area contributed by atoms with Crippen LogP contribution in [0.15, 0.2) is 46.5 Å². The number of hydrogen-bond acceptors (Lipinski definition) is 6. The minimum Gasteiger partial charge on any atom is -0.503 e. The highest BCUT2D eigenvalue weighted by Gasteiger charge is 2.67.